The summed E-state index contributed by atoms with van der Waals surface area (Å²) in [5, 5.41) is 0. The van der Waals surface area contributed by atoms with Gasteiger partial charge < -0.3 is 4.90 Å². The highest BCUT2D eigenvalue weighted by molar-refractivity contribution is 5.79. The van der Waals surface area contributed by atoms with E-state index in [0.717, 1.165) is 29.4 Å². The van der Waals surface area contributed by atoms with Crippen molar-refractivity contribution in [3.8, 4) is 0 Å². The lowest BCUT2D eigenvalue weighted by Gasteiger charge is -2.40. The highest BCUT2D eigenvalue weighted by Gasteiger charge is 2.43. The SMILES string of the molecule is O=CN(c1cc(C(F)(F)F)ccc1F)C1(c2ccccc2)CCCC1. The van der Waals surface area contributed by atoms with Gasteiger partial charge in [0, 0.05) is 0 Å². The quantitative estimate of drug-likeness (QED) is 0.542. The zero-order valence-corrected chi connectivity index (χ0v) is 13.4. The number of carbonyl (C=O) groups excluding carboxylic acids is 1. The third-order valence-corrected chi connectivity index (χ3v) is 4.84. The number of hydrogen-bond donors (Lipinski definition) is 0. The summed E-state index contributed by atoms with van der Waals surface area (Å²) in [4.78, 5) is 13.0. The van der Waals surface area contributed by atoms with Gasteiger partial charge in [-0.1, -0.05) is 43.2 Å². The molecule has 1 saturated carbocycles. The number of benzene rings is 2. The molecule has 0 bridgehead atoms. The van der Waals surface area contributed by atoms with Crippen LogP contribution in [0, 0.1) is 5.82 Å². The van der Waals surface area contributed by atoms with E-state index in [9.17, 15) is 22.4 Å². The van der Waals surface area contributed by atoms with Crippen molar-refractivity contribution in [3.63, 3.8) is 0 Å². The molecule has 0 unspecified atom stereocenters. The van der Waals surface area contributed by atoms with E-state index in [1.165, 1.54) is 0 Å². The van der Waals surface area contributed by atoms with Crippen LogP contribution in [0.25, 0.3) is 0 Å². The third kappa shape index (κ3) is 3.13. The molecule has 3 rings (SSSR count). The number of anilines is 1. The molecule has 2 aromatic carbocycles. The van der Waals surface area contributed by atoms with E-state index in [4.69, 9.17) is 0 Å². The average Bonchev–Trinajstić information content (AvgIpc) is 3.08. The Morgan fingerprint density at radius 2 is 1.64 bits per heavy atom. The Morgan fingerprint density at radius 3 is 2.20 bits per heavy atom. The topological polar surface area (TPSA) is 20.3 Å². The highest BCUT2D eigenvalue weighted by Crippen LogP contribution is 2.46. The van der Waals surface area contributed by atoms with Crippen molar-refractivity contribution < 1.29 is 22.4 Å². The number of rotatable bonds is 4. The molecule has 2 aromatic rings. The fraction of sp³-hybridized carbons (Fsp3) is 0.316. The lowest BCUT2D eigenvalue weighted by molar-refractivity contribution is -0.137. The lowest BCUT2D eigenvalue weighted by Crippen LogP contribution is -2.44. The molecule has 25 heavy (non-hydrogen) atoms. The molecule has 0 atom stereocenters. The van der Waals surface area contributed by atoms with Gasteiger partial charge in [-0.15, -0.1) is 0 Å². The van der Waals surface area contributed by atoms with Crippen LogP contribution >= 0.6 is 0 Å². The molecule has 0 radical (unpaired) electrons. The molecular formula is C19H17F4NO. The van der Waals surface area contributed by atoms with Gasteiger partial charge >= 0.3 is 6.18 Å². The first-order chi connectivity index (χ1) is 11.9. The molecule has 1 aliphatic carbocycles. The van der Waals surface area contributed by atoms with Crippen molar-refractivity contribution in [1.82, 2.24) is 0 Å². The van der Waals surface area contributed by atoms with Crippen LogP contribution in [-0.4, -0.2) is 6.41 Å². The summed E-state index contributed by atoms with van der Waals surface area (Å²) >= 11 is 0. The number of alkyl halides is 3. The molecular weight excluding hydrogens is 334 g/mol. The third-order valence-electron chi connectivity index (χ3n) is 4.84. The molecule has 1 fully saturated rings. The minimum Gasteiger partial charge on any atom is -0.302 e. The fourth-order valence-electron chi connectivity index (χ4n) is 3.64. The number of nitrogens with zero attached hydrogens (tertiary/aromatic N) is 1. The maximum absolute atomic E-state index is 14.4. The molecule has 0 saturated heterocycles. The van der Waals surface area contributed by atoms with Crippen molar-refractivity contribution in [2.75, 3.05) is 4.90 Å². The Morgan fingerprint density at radius 1 is 1.00 bits per heavy atom. The van der Waals surface area contributed by atoms with E-state index in [2.05, 4.69) is 0 Å². The maximum atomic E-state index is 14.4. The number of amides is 1. The predicted octanol–water partition coefficient (Wildman–Crippen LogP) is 5.28. The standard InChI is InChI=1S/C19H17F4NO/c20-16-9-8-15(19(21,22)23)12-17(16)24(13-25)18(10-4-5-11-18)14-6-2-1-3-7-14/h1-3,6-9,12-13H,4-5,10-11H2. The zero-order valence-electron chi connectivity index (χ0n) is 13.4. The van der Waals surface area contributed by atoms with E-state index in [1.807, 2.05) is 18.2 Å². The zero-order chi connectivity index (χ0) is 18.1. The van der Waals surface area contributed by atoms with Crippen molar-refractivity contribution in [2.24, 2.45) is 0 Å². The summed E-state index contributed by atoms with van der Waals surface area (Å²) in [6.07, 6.45) is -1.38. The van der Waals surface area contributed by atoms with Crippen LogP contribution in [0.5, 0.6) is 0 Å². The van der Waals surface area contributed by atoms with E-state index in [-0.39, 0.29) is 5.69 Å². The van der Waals surface area contributed by atoms with Crippen molar-refractivity contribution in [3.05, 3.63) is 65.5 Å². The Hall–Kier alpha value is -2.37. The van der Waals surface area contributed by atoms with E-state index < -0.39 is 23.1 Å². The lowest BCUT2D eigenvalue weighted by atomic mass is 9.86. The fourth-order valence-corrected chi connectivity index (χ4v) is 3.64. The molecule has 0 spiro atoms. The summed E-state index contributed by atoms with van der Waals surface area (Å²) in [6, 6.07) is 11.3. The summed E-state index contributed by atoms with van der Waals surface area (Å²) in [5.74, 6) is -0.845. The van der Waals surface area contributed by atoms with Crippen LogP contribution < -0.4 is 4.90 Å². The van der Waals surface area contributed by atoms with E-state index in [1.54, 1.807) is 12.1 Å². The Balaban J connectivity index is 2.14. The van der Waals surface area contributed by atoms with Gasteiger partial charge in [-0.2, -0.15) is 13.2 Å². The normalized spacial score (nSPS) is 16.6. The molecule has 0 aliphatic heterocycles. The highest BCUT2D eigenvalue weighted by atomic mass is 19.4. The Kier molecular flexibility index (Phi) is 4.54. The first kappa shape index (κ1) is 17.5. The van der Waals surface area contributed by atoms with Crippen molar-refractivity contribution >= 4 is 12.1 Å². The van der Waals surface area contributed by atoms with Crippen molar-refractivity contribution in [2.45, 2.75) is 37.4 Å². The maximum Gasteiger partial charge on any atom is 0.416 e. The van der Waals surface area contributed by atoms with E-state index >= 15 is 0 Å². The first-order valence-corrected chi connectivity index (χ1v) is 8.05. The smallest absolute Gasteiger partial charge is 0.302 e. The van der Waals surface area contributed by atoms with Gasteiger partial charge in [-0.25, -0.2) is 4.39 Å². The molecule has 6 heteroatoms. The Bertz CT molecular complexity index is 752. The average molecular weight is 351 g/mol. The van der Waals surface area contributed by atoms with Gasteiger partial charge in [0.05, 0.1) is 16.8 Å². The molecule has 132 valence electrons. The van der Waals surface area contributed by atoms with Crippen LogP contribution in [0.3, 0.4) is 0 Å². The molecule has 0 N–H and O–H groups in total. The van der Waals surface area contributed by atoms with Crippen molar-refractivity contribution in [1.29, 1.82) is 0 Å². The Labute approximate surface area is 143 Å². The van der Waals surface area contributed by atoms with Gasteiger partial charge in [0.15, 0.2) is 0 Å². The van der Waals surface area contributed by atoms with Gasteiger partial charge in [-0.05, 0) is 36.6 Å². The molecule has 0 heterocycles. The minimum atomic E-state index is -4.60. The second-order valence-electron chi connectivity index (χ2n) is 6.24. The molecule has 0 aromatic heterocycles. The summed E-state index contributed by atoms with van der Waals surface area (Å²) in [6.45, 7) is 0. The second kappa shape index (κ2) is 6.50. The molecule has 1 aliphatic rings. The molecule has 1 amide bonds. The predicted molar refractivity (Wildman–Crippen MR) is 86.5 cm³/mol. The van der Waals surface area contributed by atoms with Crippen LogP contribution in [0.2, 0.25) is 0 Å². The van der Waals surface area contributed by atoms with Gasteiger partial charge in [-0.3, -0.25) is 4.79 Å². The molecule has 2 nitrogen and oxygen atoms in total. The van der Waals surface area contributed by atoms with Crippen LogP contribution in [0.1, 0.15) is 36.8 Å². The number of carbonyl (C=O) groups is 1. The minimum absolute atomic E-state index is 0.337. The monoisotopic (exact) mass is 351 g/mol. The van der Waals surface area contributed by atoms with Gasteiger partial charge in [0.1, 0.15) is 5.82 Å². The van der Waals surface area contributed by atoms with Crippen LogP contribution in [0.4, 0.5) is 23.2 Å². The summed E-state index contributed by atoms with van der Waals surface area (Å²) in [5.41, 5.74) is -1.34. The number of halogens is 4. The van der Waals surface area contributed by atoms with E-state index in [0.29, 0.717) is 31.4 Å². The first-order valence-electron chi connectivity index (χ1n) is 8.05. The summed E-state index contributed by atoms with van der Waals surface area (Å²) in [7, 11) is 0. The second-order valence-corrected chi connectivity index (χ2v) is 6.24. The van der Waals surface area contributed by atoms with Gasteiger partial charge in [0.25, 0.3) is 0 Å². The van der Waals surface area contributed by atoms with Crippen LogP contribution in [0.15, 0.2) is 48.5 Å². The van der Waals surface area contributed by atoms with Gasteiger partial charge in [0.2, 0.25) is 6.41 Å². The summed E-state index contributed by atoms with van der Waals surface area (Å²) < 4.78 is 53.5. The van der Waals surface area contributed by atoms with Crippen LogP contribution in [-0.2, 0) is 16.5 Å². The largest absolute Gasteiger partial charge is 0.416 e. The number of hydrogen-bond acceptors (Lipinski definition) is 1.